The molecule has 12 aromatic rings. The van der Waals surface area contributed by atoms with Gasteiger partial charge in [0, 0.05) is 32.9 Å². The first kappa shape index (κ1) is 35.5. The maximum atomic E-state index is 2.53. The third-order valence-corrected chi connectivity index (χ3v) is 13.6. The summed E-state index contributed by atoms with van der Waals surface area (Å²) in [5.41, 5.74) is 19.1. The van der Waals surface area contributed by atoms with E-state index in [0.717, 1.165) is 5.69 Å². The van der Waals surface area contributed by atoms with Gasteiger partial charge in [0.2, 0.25) is 0 Å². The monoisotopic (exact) mass is 800 g/mol. The van der Waals surface area contributed by atoms with Crippen molar-refractivity contribution in [2.24, 2.45) is 0 Å². The Morgan fingerprint density at radius 3 is 1.38 bits per heavy atom. The van der Waals surface area contributed by atoms with Crippen molar-refractivity contribution in [2.45, 2.75) is 5.41 Å². The van der Waals surface area contributed by atoms with E-state index in [1.807, 2.05) is 0 Å². The SMILES string of the molecule is c1ccc(-c2ccc(-n3c4ccc(-c5ccc6c(c5)c5ccccc5n6-c5ccccc5)cc4c4cc5c(cc43)-c3ccccc3C5(c3ccccc3)c3ccccc3)cc2)cc1. The Morgan fingerprint density at radius 2 is 0.714 bits per heavy atom. The Kier molecular flexibility index (Phi) is 7.85. The van der Waals surface area contributed by atoms with Crippen LogP contribution in [0.25, 0.3) is 88.4 Å². The molecule has 0 N–H and O–H groups in total. The largest absolute Gasteiger partial charge is 0.309 e. The van der Waals surface area contributed by atoms with Gasteiger partial charge in [-0.1, -0.05) is 176 Å². The van der Waals surface area contributed by atoms with Gasteiger partial charge in [0.1, 0.15) is 0 Å². The molecular weight excluding hydrogens is 761 g/mol. The maximum Gasteiger partial charge on any atom is 0.0713 e. The second kappa shape index (κ2) is 13.9. The second-order valence-corrected chi connectivity index (χ2v) is 16.8. The standard InChI is InChI=1S/C61H40N2/c1-5-17-41(18-6-1)42-29-33-48(34-30-42)63-59-36-32-44(43-31-35-58-52(37-43)50-26-14-16-28-57(50)62(58)47-23-11-4-12-24-47)38-53(59)54-39-56-51(40-60(54)63)49-25-13-15-27-55(49)61(56,45-19-7-2-8-20-45)46-21-9-3-10-22-46/h1-40H. The quantitative estimate of drug-likeness (QED) is 0.159. The van der Waals surface area contributed by atoms with Crippen molar-refractivity contribution in [1.29, 1.82) is 0 Å². The summed E-state index contributed by atoms with van der Waals surface area (Å²) < 4.78 is 4.87. The third kappa shape index (κ3) is 5.25. The van der Waals surface area contributed by atoms with E-state index in [1.54, 1.807) is 0 Å². The van der Waals surface area contributed by atoms with E-state index >= 15 is 0 Å². The minimum absolute atomic E-state index is 0.496. The fourth-order valence-electron chi connectivity index (χ4n) is 10.9. The van der Waals surface area contributed by atoms with Crippen molar-refractivity contribution in [2.75, 3.05) is 0 Å². The predicted molar refractivity (Wildman–Crippen MR) is 263 cm³/mol. The van der Waals surface area contributed by atoms with Gasteiger partial charge in [0.25, 0.3) is 0 Å². The molecule has 1 aliphatic carbocycles. The van der Waals surface area contributed by atoms with Gasteiger partial charge in [0.15, 0.2) is 0 Å². The highest BCUT2D eigenvalue weighted by Gasteiger charge is 2.46. The van der Waals surface area contributed by atoms with Crippen LogP contribution in [0.4, 0.5) is 0 Å². The lowest BCUT2D eigenvalue weighted by molar-refractivity contribution is 0.769. The summed E-state index contributed by atoms with van der Waals surface area (Å²) in [5, 5.41) is 4.97. The van der Waals surface area contributed by atoms with Crippen LogP contribution in [0, 0.1) is 0 Å². The lowest BCUT2D eigenvalue weighted by atomic mass is 9.67. The Hall–Kier alpha value is -8.20. The maximum absolute atomic E-state index is 2.53. The van der Waals surface area contributed by atoms with Crippen LogP contribution in [0.5, 0.6) is 0 Å². The summed E-state index contributed by atoms with van der Waals surface area (Å²) >= 11 is 0. The van der Waals surface area contributed by atoms with Gasteiger partial charge >= 0.3 is 0 Å². The molecule has 0 radical (unpaired) electrons. The van der Waals surface area contributed by atoms with Crippen molar-refractivity contribution in [1.82, 2.24) is 9.13 Å². The molecule has 13 rings (SSSR count). The topological polar surface area (TPSA) is 9.86 Å². The number of hydrogen-bond donors (Lipinski definition) is 0. The molecule has 0 unspecified atom stereocenters. The van der Waals surface area contributed by atoms with Crippen molar-refractivity contribution >= 4 is 43.6 Å². The molecule has 0 saturated heterocycles. The van der Waals surface area contributed by atoms with Crippen LogP contribution < -0.4 is 0 Å². The first-order chi connectivity index (χ1) is 31.3. The zero-order valence-corrected chi connectivity index (χ0v) is 34.5. The first-order valence-corrected chi connectivity index (χ1v) is 21.8. The average molecular weight is 801 g/mol. The van der Waals surface area contributed by atoms with Gasteiger partial charge in [0.05, 0.1) is 27.5 Å². The van der Waals surface area contributed by atoms with Crippen molar-refractivity contribution in [3.8, 4) is 44.8 Å². The van der Waals surface area contributed by atoms with Gasteiger partial charge in [-0.25, -0.2) is 0 Å². The van der Waals surface area contributed by atoms with E-state index in [2.05, 4.69) is 252 Å². The van der Waals surface area contributed by atoms with Gasteiger partial charge in [-0.2, -0.15) is 0 Å². The fraction of sp³-hybridized carbons (Fsp3) is 0.0164. The van der Waals surface area contributed by atoms with E-state index < -0.39 is 5.41 Å². The summed E-state index contributed by atoms with van der Waals surface area (Å²) in [7, 11) is 0. The van der Waals surface area contributed by atoms with E-state index in [9.17, 15) is 0 Å². The van der Waals surface area contributed by atoms with Crippen molar-refractivity contribution < 1.29 is 0 Å². The summed E-state index contributed by atoms with van der Waals surface area (Å²) in [6, 6.07) is 89.6. The smallest absolute Gasteiger partial charge is 0.0713 e. The fourth-order valence-corrected chi connectivity index (χ4v) is 10.9. The van der Waals surface area contributed by atoms with Gasteiger partial charge < -0.3 is 9.13 Å². The summed E-state index contributed by atoms with van der Waals surface area (Å²) in [4.78, 5) is 0. The van der Waals surface area contributed by atoms with Gasteiger partial charge in [-0.3, -0.25) is 0 Å². The molecule has 0 atom stereocenters. The molecule has 0 amide bonds. The normalized spacial score (nSPS) is 12.9. The van der Waals surface area contributed by atoms with Crippen LogP contribution in [-0.2, 0) is 5.41 Å². The molecule has 1 aliphatic rings. The Bertz CT molecular complexity index is 3650. The highest BCUT2D eigenvalue weighted by Crippen LogP contribution is 2.57. The molecule has 2 aromatic heterocycles. The molecule has 294 valence electrons. The average Bonchev–Trinajstić information content (AvgIpc) is 3.97. The van der Waals surface area contributed by atoms with Crippen LogP contribution in [0.2, 0.25) is 0 Å². The molecular formula is C61H40N2. The molecule has 63 heavy (non-hydrogen) atoms. The van der Waals surface area contributed by atoms with Gasteiger partial charge in [-0.15, -0.1) is 0 Å². The minimum Gasteiger partial charge on any atom is -0.309 e. The second-order valence-electron chi connectivity index (χ2n) is 16.8. The van der Waals surface area contributed by atoms with Crippen molar-refractivity contribution in [3.63, 3.8) is 0 Å². The molecule has 0 spiro atoms. The predicted octanol–water partition coefficient (Wildman–Crippen LogP) is 15.6. The number of hydrogen-bond acceptors (Lipinski definition) is 0. The van der Waals surface area contributed by atoms with Crippen LogP contribution in [0.15, 0.2) is 243 Å². The van der Waals surface area contributed by atoms with Crippen molar-refractivity contribution in [3.05, 3.63) is 265 Å². The Labute approximate surface area is 366 Å². The number of para-hydroxylation sites is 2. The number of nitrogens with zero attached hydrogens (tertiary/aromatic N) is 2. The van der Waals surface area contributed by atoms with Crippen LogP contribution >= 0.6 is 0 Å². The number of rotatable bonds is 6. The molecule has 2 heterocycles. The third-order valence-electron chi connectivity index (χ3n) is 13.6. The molecule has 2 nitrogen and oxygen atoms in total. The molecule has 0 fully saturated rings. The lowest BCUT2D eigenvalue weighted by Crippen LogP contribution is -2.28. The Morgan fingerprint density at radius 1 is 0.254 bits per heavy atom. The summed E-state index contributed by atoms with van der Waals surface area (Å²) in [6.45, 7) is 0. The van der Waals surface area contributed by atoms with Crippen LogP contribution in [-0.4, -0.2) is 9.13 Å². The summed E-state index contributed by atoms with van der Waals surface area (Å²) in [5.74, 6) is 0. The Balaban J connectivity index is 1.08. The van der Waals surface area contributed by atoms with Gasteiger partial charge in [-0.05, 0) is 122 Å². The first-order valence-electron chi connectivity index (χ1n) is 21.8. The molecule has 10 aromatic carbocycles. The lowest BCUT2D eigenvalue weighted by Gasteiger charge is -2.34. The van der Waals surface area contributed by atoms with E-state index in [-0.39, 0.29) is 0 Å². The number of aromatic nitrogens is 2. The highest BCUT2D eigenvalue weighted by molar-refractivity contribution is 6.14. The van der Waals surface area contributed by atoms with E-state index in [1.165, 1.54) is 105 Å². The zero-order valence-electron chi connectivity index (χ0n) is 34.5. The highest BCUT2D eigenvalue weighted by atomic mass is 15.0. The molecule has 0 aliphatic heterocycles. The number of fused-ring (bicyclic) bond motifs is 9. The minimum atomic E-state index is -0.496. The zero-order chi connectivity index (χ0) is 41.5. The number of benzene rings is 10. The van der Waals surface area contributed by atoms with E-state index in [0.29, 0.717) is 0 Å². The summed E-state index contributed by atoms with van der Waals surface area (Å²) in [6.07, 6.45) is 0. The van der Waals surface area contributed by atoms with E-state index in [4.69, 9.17) is 0 Å². The van der Waals surface area contributed by atoms with Crippen LogP contribution in [0.3, 0.4) is 0 Å². The molecule has 2 heteroatoms. The molecule has 0 bridgehead atoms. The molecule has 0 saturated carbocycles. The van der Waals surface area contributed by atoms with Crippen LogP contribution in [0.1, 0.15) is 22.3 Å².